The van der Waals surface area contributed by atoms with Crippen LogP contribution in [-0.4, -0.2) is 29.7 Å². The number of hydrogen-bond acceptors (Lipinski definition) is 3. The van der Waals surface area contributed by atoms with Crippen LogP contribution in [0.3, 0.4) is 0 Å². The highest BCUT2D eigenvalue weighted by atomic mass is 32.1. The van der Waals surface area contributed by atoms with E-state index in [1.165, 1.54) is 12.8 Å². The third-order valence-corrected chi connectivity index (χ3v) is 3.70. The zero-order valence-electron chi connectivity index (χ0n) is 11.6. The van der Waals surface area contributed by atoms with Crippen molar-refractivity contribution in [1.29, 1.82) is 0 Å². The van der Waals surface area contributed by atoms with Gasteiger partial charge in [-0.1, -0.05) is 6.92 Å². The second kappa shape index (κ2) is 6.70. The van der Waals surface area contributed by atoms with Crippen molar-refractivity contribution in [3.8, 4) is 0 Å². The summed E-state index contributed by atoms with van der Waals surface area (Å²) < 4.78 is 0. The molecule has 104 valence electrons. The first-order valence-electron chi connectivity index (χ1n) is 6.95. The lowest BCUT2D eigenvalue weighted by Gasteiger charge is -2.31. The second-order valence-electron chi connectivity index (χ2n) is 5.06. The predicted octanol–water partition coefficient (Wildman–Crippen LogP) is 2.62. The minimum Gasteiger partial charge on any atom is -0.363 e. The van der Waals surface area contributed by atoms with E-state index in [2.05, 4.69) is 33.5 Å². The number of aromatic nitrogens is 1. The van der Waals surface area contributed by atoms with Gasteiger partial charge in [0.2, 0.25) is 0 Å². The first-order chi connectivity index (χ1) is 9.19. The summed E-state index contributed by atoms with van der Waals surface area (Å²) in [5, 5.41) is 6.82. The Morgan fingerprint density at radius 3 is 2.74 bits per heavy atom. The molecule has 1 fully saturated rings. The van der Waals surface area contributed by atoms with Crippen LogP contribution in [0.4, 0.5) is 11.5 Å². The summed E-state index contributed by atoms with van der Waals surface area (Å²) in [5.74, 6) is 1.90. The van der Waals surface area contributed by atoms with E-state index in [4.69, 9.17) is 12.2 Å². The van der Waals surface area contributed by atoms with Crippen LogP contribution in [0.25, 0.3) is 0 Å². The number of rotatable bonds is 3. The lowest BCUT2D eigenvalue weighted by atomic mass is 9.99. The summed E-state index contributed by atoms with van der Waals surface area (Å²) in [6.07, 6.45) is 4.36. The normalized spacial score (nSPS) is 16.2. The molecule has 0 bridgehead atoms. The molecule has 0 unspecified atom stereocenters. The lowest BCUT2D eigenvalue weighted by molar-refractivity contribution is 0.436. The monoisotopic (exact) mass is 278 g/mol. The van der Waals surface area contributed by atoms with Crippen molar-refractivity contribution in [3.05, 3.63) is 18.3 Å². The minimum atomic E-state index is 0.642. The standard InChI is InChI=1S/C14H22N4S/c1-3-15-14(19)17-12-4-5-13(16-10-12)18-8-6-11(2)7-9-18/h4-5,10-11H,3,6-9H2,1-2H3,(H2,15,17,19). The third-order valence-electron chi connectivity index (χ3n) is 3.45. The Morgan fingerprint density at radius 2 is 2.16 bits per heavy atom. The molecule has 0 radical (unpaired) electrons. The van der Waals surface area contributed by atoms with Crippen molar-refractivity contribution in [2.75, 3.05) is 29.9 Å². The molecule has 1 aromatic heterocycles. The van der Waals surface area contributed by atoms with Gasteiger partial charge < -0.3 is 15.5 Å². The molecule has 2 rings (SSSR count). The molecule has 0 amide bonds. The molecule has 2 heterocycles. The molecular formula is C14H22N4S. The van der Waals surface area contributed by atoms with E-state index in [9.17, 15) is 0 Å². The van der Waals surface area contributed by atoms with Crippen molar-refractivity contribution < 1.29 is 0 Å². The maximum absolute atomic E-state index is 5.15. The van der Waals surface area contributed by atoms with Crippen molar-refractivity contribution >= 4 is 28.8 Å². The Labute approximate surface area is 120 Å². The highest BCUT2D eigenvalue weighted by Crippen LogP contribution is 2.21. The smallest absolute Gasteiger partial charge is 0.170 e. The molecule has 1 saturated heterocycles. The number of nitrogens with one attached hydrogen (secondary N) is 2. The van der Waals surface area contributed by atoms with Gasteiger partial charge in [0, 0.05) is 19.6 Å². The van der Waals surface area contributed by atoms with Gasteiger partial charge in [0.05, 0.1) is 11.9 Å². The molecule has 2 N–H and O–H groups in total. The number of anilines is 2. The van der Waals surface area contributed by atoms with Crippen molar-refractivity contribution in [2.24, 2.45) is 5.92 Å². The minimum absolute atomic E-state index is 0.642. The molecule has 0 saturated carbocycles. The van der Waals surface area contributed by atoms with Gasteiger partial charge in [-0.15, -0.1) is 0 Å². The number of nitrogens with zero attached hydrogens (tertiary/aromatic N) is 2. The molecule has 4 nitrogen and oxygen atoms in total. The Kier molecular flexibility index (Phi) is 4.96. The maximum atomic E-state index is 5.15. The van der Waals surface area contributed by atoms with Gasteiger partial charge in [-0.25, -0.2) is 4.98 Å². The van der Waals surface area contributed by atoms with Gasteiger partial charge in [-0.2, -0.15) is 0 Å². The summed E-state index contributed by atoms with van der Waals surface area (Å²) in [4.78, 5) is 6.87. The van der Waals surface area contributed by atoms with Crippen LogP contribution >= 0.6 is 12.2 Å². The fourth-order valence-corrected chi connectivity index (χ4v) is 2.48. The van der Waals surface area contributed by atoms with Crippen LogP contribution in [0.1, 0.15) is 26.7 Å². The van der Waals surface area contributed by atoms with Gasteiger partial charge in [-0.05, 0) is 50.0 Å². The van der Waals surface area contributed by atoms with E-state index >= 15 is 0 Å². The zero-order chi connectivity index (χ0) is 13.7. The topological polar surface area (TPSA) is 40.2 Å². The quantitative estimate of drug-likeness (QED) is 0.832. The number of thiocarbonyl (C=S) groups is 1. The average molecular weight is 278 g/mol. The van der Waals surface area contributed by atoms with E-state index in [0.717, 1.165) is 37.1 Å². The zero-order valence-corrected chi connectivity index (χ0v) is 12.5. The Hall–Kier alpha value is -1.36. The Morgan fingerprint density at radius 1 is 1.42 bits per heavy atom. The van der Waals surface area contributed by atoms with Gasteiger partial charge in [0.25, 0.3) is 0 Å². The number of pyridine rings is 1. The third kappa shape index (κ3) is 4.06. The Balaban J connectivity index is 1.92. The molecule has 5 heteroatoms. The van der Waals surface area contributed by atoms with Crippen molar-refractivity contribution in [3.63, 3.8) is 0 Å². The van der Waals surface area contributed by atoms with Crippen LogP contribution in [0, 0.1) is 5.92 Å². The maximum Gasteiger partial charge on any atom is 0.170 e. The van der Waals surface area contributed by atoms with Crippen LogP contribution in [0.5, 0.6) is 0 Å². The molecule has 0 spiro atoms. The summed E-state index contributed by atoms with van der Waals surface area (Å²) in [6.45, 7) is 7.38. The molecule has 1 aliphatic heterocycles. The van der Waals surface area contributed by atoms with E-state index in [-0.39, 0.29) is 0 Å². The SMILES string of the molecule is CCNC(=S)Nc1ccc(N2CCC(C)CC2)nc1. The Bertz CT molecular complexity index is 410. The molecule has 0 atom stereocenters. The fourth-order valence-electron chi connectivity index (χ4n) is 2.22. The molecular weight excluding hydrogens is 256 g/mol. The predicted molar refractivity (Wildman–Crippen MR) is 84.7 cm³/mol. The number of hydrogen-bond donors (Lipinski definition) is 2. The van der Waals surface area contributed by atoms with Gasteiger partial charge in [0.1, 0.15) is 5.82 Å². The molecule has 1 aromatic rings. The molecule has 1 aliphatic rings. The first kappa shape index (κ1) is 14.1. The molecule has 19 heavy (non-hydrogen) atoms. The second-order valence-corrected chi connectivity index (χ2v) is 5.47. The molecule has 0 aliphatic carbocycles. The lowest BCUT2D eigenvalue weighted by Crippen LogP contribution is -2.33. The highest BCUT2D eigenvalue weighted by Gasteiger charge is 2.16. The van der Waals surface area contributed by atoms with Crippen LogP contribution in [0.15, 0.2) is 18.3 Å². The average Bonchev–Trinajstić information content (AvgIpc) is 2.41. The summed E-state index contributed by atoms with van der Waals surface area (Å²) in [7, 11) is 0. The van der Waals surface area contributed by atoms with Crippen LogP contribution < -0.4 is 15.5 Å². The first-order valence-corrected chi connectivity index (χ1v) is 7.35. The van der Waals surface area contributed by atoms with Gasteiger partial charge in [-0.3, -0.25) is 0 Å². The summed E-state index contributed by atoms with van der Waals surface area (Å²) in [6, 6.07) is 4.09. The van der Waals surface area contributed by atoms with E-state index in [1.807, 2.05) is 19.2 Å². The van der Waals surface area contributed by atoms with Crippen LogP contribution in [-0.2, 0) is 0 Å². The highest BCUT2D eigenvalue weighted by molar-refractivity contribution is 7.80. The van der Waals surface area contributed by atoms with Crippen molar-refractivity contribution in [2.45, 2.75) is 26.7 Å². The fraction of sp³-hybridized carbons (Fsp3) is 0.571. The van der Waals surface area contributed by atoms with Crippen LogP contribution in [0.2, 0.25) is 0 Å². The summed E-state index contributed by atoms with van der Waals surface area (Å²) in [5.41, 5.74) is 0.931. The van der Waals surface area contributed by atoms with Gasteiger partial charge in [0.15, 0.2) is 5.11 Å². The van der Waals surface area contributed by atoms with E-state index in [1.54, 1.807) is 0 Å². The van der Waals surface area contributed by atoms with E-state index in [0.29, 0.717) is 5.11 Å². The van der Waals surface area contributed by atoms with Gasteiger partial charge >= 0.3 is 0 Å². The molecule has 0 aromatic carbocycles. The van der Waals surface area contributed by atoms with E-state index < -0.39 is 0 Å². The largest absolute Gasteiger partial charge is 0.363 e. The number of piperidine rings is 1. The van der Waals surface area contributed by atoms with Crippen molar-refractivity contribution in [1.82, 2.24) is 10.3 Å². The summed E-state index contributed by atoms with van der Waals surface area (Å²) >= 11 is 5.15.